The first-order valence-electron chi connectivity index (χ1n) is 10.2. The number of H-pyrrole nitrogens is 1. The van der Waals surface area contributed by atoms with E-state index in [1.54, 1.807) is 11.3 Å². The van der Waals surface area contributed by atoms with Crippen molar-refractivity contribution in [1.82, 2.24) is 15.3 Å². The number of nitrogens with zero attached hydrogens (tertiary/aromatic N) is 1. The van der Waals surface area contributed by atoms with Gasteiger partial charge in [0.25, 0.3) is 11.5 Å². The third kappa shape index (κ3) is 5.88. The first kappa shape index (κ1) is 22.6. The Morgan fingerprint density at radius 1 is 1.32 bits per heavy atom. The first-order valence-corrected chi connectivity index (χ1v) is 11.0. The molecule has 3 N–H and O–H groups in total. The molecule has 7 heteroatoms. The zero-order valence-electron chi connectivity index (χ0n) is 18.3. The Labute approximate surface area is 171 Å². The molecule has 0 radical (unpaired) electrons. The molecule has 2 aromatic heterocycles. The third-order valence-electron chi connectivity index (χ3n) is 5.00. The highest BCUT2D eigenvalue weighted by atomic mass is 32.1. The highest BCUT2D eigenvalue weighted by molar-refractivity contribution is 7.18. The van der Waals surface area contributed by atoms with E-state index >= 15 is 0 Å². The normalized spacial score (nSPS) is 14.2. The van der Waals surface area contributed by atoms with E-state index in [-0.39, 0.29) is 17.0 Å². The SMILES string of the molecule is CC[C@@H](C)Cc1c(C)sc2nc(C[NH+](CC)CC(=O)NC(C)(C)C)[nH]c(=O)c12. The predicted octanol–water partition coefficient (Wildman–Crippen LogP) is 2.20. The molecule has 2 atom stereocenters. The van der Waals surface area contributed by atoms with Gasteiger partial charge in [-0.15, -0.1) is 11.3 Å². The Kier molecular flexibility index (Phi) is 7.39. The van der Waals surface area contributed by atoms with Gasteiger partial charge >= 0.3 is 0 Å². The van der Waals surface area contributed by atoms with E-state index in [1.807, 2.05) is 27.7 Å². The number of carbonyl (C=O) groups is 1. The van der Waals surface area contributed by atoms with Gasteiger partial charge in [-0.3, -0.25) is 9.59 Å². The van der Waals surface area contributed by atoms with Crippen LogP contribution in [0.1, 0.15) is 64.2 Å². The van der Waals surface area contributed by atoms with Crippen LogP contribution in [0.4, 0.5) is 0 Å². The van der Waals surface area contributed by atoms with Crippen molar-refractivity contribution in [2.75, 3.05) is 13.1 Å². The van der Waals surface area contributed by atoms with Crippen LogP contribution in [0.3, 0.4) is 0 Å². The van der Waals surface area contributed by atoms with Crippen LogP contribution in [-0.2, 0) is 17.8 Å². The predicted molar refractivity (Wildman–Crippen MR) is 116 cm³/mol. The summed E-state index contributed by atoms with van der Waals surface area (Å²) in [6, 6.07) is 0. The molecule has 156 valence electrons. The Morgan fingerprint density at radius 2 is 2.00 bits per heavy atom. The Hall–Kier alpha value is -1.73. The summed E-state index contributed by atoms with van der Waals surface area (Å²) in [5.41, 5.74) is 0.832. The minimum absolute atomic E-state index is 0.00980. The summed E-state index contributed by atoms with van der Waals surface area (Å²) in [7, 11) is 0. The van der Waals surface area contributed by atoms with Crippen LogP contribution >= 0.6 is 11.3 Å². The maximum Gasteiger partial charge on any atom is 0.275 e. The molecule has 1 amide bonds. The van der Waals surface area contributed by atoms with Crippen LogP contribution in [-0.4, -0.2) is 34.5 Å². The number of carbonyl (C=O) groups excluding carboxylic acids is 1. The minimum atomic E-state index is -0.248. The zero-order valence-corrected chi connectivity index (χ0v) is 19.1. The third-order valence-corrected chi connectivity index (χ3v) is 6.05. The largest absolute Gasteiger partial charge is 0.347 e. The lowest BCUT2D eigenvalue weighted by Gasteiger charge is -2.23. The maximum absolute atomic E-state index is 12.8. The van der Waals surface area contributed by atoms with E-state index in [4.69, 9.17) is 4.98 Å². The second-order valence-electron chi connectivity index (χ2n) is 8.80. The number of aromatic nitrogens is 2. The van der Waals surface area contributed by atoms with E-state index in [1.165, 1.54) is 4.88 Å². The second-order valence-corrected chi connectivity index (χ2v) is 10.0. The van der Waals surface area contributed by atoms with E-state index in [2.05, 4.69) is 31.1 Å². The number of quaternary nitrogens is 1. The van der Waals surface area contributed by atoms with Gasteiger partial charge in [-0.1, -0.05) is 20.3 Å². The Morgan fingerprint density at radius 3 is 2.57 bits per heavy atom. The van der Waals surface area contributed by atoms with Crippen LogP contribution < -0.4 is 15.8 Å². The number of nitrogens with one attached hydrogen (secondary N) is 3. The summed E-state index contributed by atoms with van der Waals surface area (Å²) in [5, 5.41) is 3.74. The smallest absolute Gasteiger partial charge is 0.275 e. The van der Waals surface area contributed by atoms with Crippen molar-refractivity contribution in [2.45, 2.75) is 73.4 Å². The summed E-state index contributed by atoms with van der Waals surface area (Å²) in [4.78, 5) is 35.8. The van der Waals surface area contributed by atoms with Crippen molar-refractivity contribution in [3.8, 4) is 0 Å². The van der Waals surface area contributed by atoms with Crippen molar-refractivity contribution in [3.63, 3.8) is 0 Å². The van der Waals surface area contributed by atoms with Gasteiger partial charge in [-0.05, 0) is 52.5 Å². The molecule has 2 rings (SSSR count). The van der Waals surface area contributed by atoms with Crippen LogP contribution in [0.25, 0.3) is 10.2 Å². The molecular formula is C21H35N4O2S+. The molecule has 0 spiro atoms. The molecule has 2 heterocycles. The van der Waals surface area contributed by atoms with Gasteiger partial charge < -0.3 is 15.2 Å². The van der Waals surface area contributed by atoms with E-state index in [0.717, 1.165) is 40.1 Å². The number of hydrogen-bond acceptors (Lipinski definition) is 4. The number of aromatic amines is 1. The average Bonchev–Trinajstić information content (AvgIpc) is 2.88. The molecule has 0 aliphatic carbocycles. The van der Waals surface area contributed by atoms with Gasteiger partial charge in [0.05, 0.1) is 11.9 Å². The van der Waals surface area contributed by atoms with Crippen molar-refractivity contribution in [1.29, 1.82) is 0 Å². The van der Waals surface area contributed by atoms with Gasteiger partial charge in [0.2, 0.25) is 0 Å². The van der Waals surface area contributed by atoms with Crippen LogP contribution in [0.15, 0.2) is 4.79 Å². The molecule has 2 aromatic rings. The summed E-state index contributed by atoms with van der Waals surface area (Å²) in [6.45, 7) is 16.1. The lowest BCUT2D eigenvalue weighted by Crippen LogP contribution is -3.11. The topological polar surface area (TPSA) is 79.3 Å². The van der Waals surface area contributed by atoms with Gasteiger partial charge in [0.1, 0.15) is 11.4 Å². The summed E-state index contributed by atoms with van der Waals surface area (Å²) >= 11 is 1.60. The fourth-order valence-corrected chi connectivity index (χ4v) is 4.35. The van der Waals surface area contributed by atoms with Crippen molar-refractivity contribution >= 4 is 27.5 Å². The van der Waals surface area contributed by atoms with E-state index in [9.17, 15) is 9.59 Å². The number of hydrogen-bond donors (Lipinski definition) is 3. The monoisotopic (exact) mass is 407 g/mol. The molecule has 0 fully saturated rings. The minimum Gasteiger partial charge on any atom is -0.347 e. The van der Waals surface area contributed by atoms with Crippen LogP contribution in [0.2, 0.25) is 0 Å². The quantitative estimate of drug-likeness (QED) is 0.628. The maximum atomic E-state index is 12.8. The lowest BCUT2D eigenvalue weighted by molar-refractivity contribution is -0.904. The summed E-state index contributed by atoms with van der Waals surface area (Å²) in [5.74, 6) is 1.20. The van der Waals surface area contributed by atoms with Gasteiger partial charge in [0, 0.05) is 10.4 Å². The molecule has 0 saturated heterocycles. The number of thiophene rings is 1. The number of amides is 1. The van der Waals surface area contributed by atoms with Gasteiger partial charge in [0.15, 0.2) is 12.4 Å². The Balaban J connectivity index is 2.23. The van der Waals surface area contributed by atoms with Crippen molar-refractivity contribution in [3.05, 3.63) is 26.6 Å². The standard InChI is InChI=1S/C21H34N4O2S/c1-8-13(3)10-15-14(4)28-20-18(15)19(27)22-16(23-20)11-25(9-2)12-17(26)24-21(5,6)7/h13H,8-12H2,1-7H3,(H,24,26)(H,22,23,27)/p+1/t13-/m1/s1. The van der Waals surface area contributed by atoms with E-state index in [0.29, 0.717) is 24.8 Å². The second kappa shape index (κ2) is 9.18. The molecule has 0 bridgehead atoms. The lowest BCUT2D eigenvalue weighted by atomic mass is 9.98. The van der Waals surface area contributed by atoms with Gasteiger partial charge in [-0.2, -0.15) is 0 Å². The zero-order chi connectivity index (χ0) is 21.1. The molecule has 6 nitrogen and oxygen atoms in total. The molecule has 28 heavy (non-hydrogen) atoms. The fraction of sp³-hybridized carbons (Fsp3) is 0.667. The van der Waals surface area contributed by atoms with Crippen molar-refractivity contribution in [2.24, 2.45) is 5.92 Å². The summed E-state index contributed by atoms with van der Waals surface area (Å²) in [6.07, 6.45) is 2.00. The summed E-state index contributed by atoms with van der Waals surface area (Å²) < 4.78 is 0. The van der Waals surface area contributed by atoms with Crippen molar-refractivity contribution < 1.29 is 9.69 Å². The highest BCUT2D eigenvalue weighted by Gasteiger charge is 2.21. The van der Waals surface area contributed by atoms with Crippen LogP contribution in [0, 0.1) is 12.8 Å². The fourth-order valence-electron chi connectivity index (χ4n) is 3.28. The first-order chi connectivity index (χ1) is 13.0. The number of rotatable bonds is 8. The molecule has 0 aliphatic heterocycles. The molecular weight excluding hydrogens is 372 g/mol. The number of aryl methyl sites for hydroxylation is 1. The molecule has 0 aromatic carbocycles. The van der Waals surface area contributed by atoms with Gasteiger partial charge in [-0.25, -0.2) is 4.98 Å². The van der Waals surface area contributed by atoms with Crippen LogP contribution in [0.5, 0.6) is 0 Å². The average molecular weight is 408 g/mol. The highest BCUT2D eigenvalue weighted by Crippen LogP contribution is 2.29. The number of fused-ring (bicyclic) bond motifs is 1. The number of likely N-dealkylation sites (N-methyl/N-ethyl adjacent to an activating group) is 1. The molecule has 1 unspecified atom stereocenters. The van der Waals surface area contributed by atoms with E-state index < -0.39 is 0 Å². The Bertz CT molecular complexity index is 879. The molecule has 0 aliphatic rings. The molecule has 0 saturated carbocycles.